The van der Waals surface area contributed by atoms with Gasteiger partial charge in [0.1, 0.15) is 17.4 Å². The van der Waals surface area contributed by atoms with Gasteiger partial charge in [0.2, 0.25) is 5.91 Å². The number of amides is 1. The highest BCUT2D eigenvalue weighted by Gasteiger charge is 2.38. The lowest BCUT2D eigenvalue weighted by molar-refractivity contribution is -0.118. The van der Waals surface area contributed by atoms with Crippen LogP contribution in [-0.4, -0.2) is 24.0 Å². The molecule has 7 nitrogen and oxygen atoms in total. The summed E-state index contributed by atoms with van der Waals surface area (Å²) in [6, 6.07) is 1.28. The Bertz CT molecular complexity index is 854. The molecular weight excluding hydrogens is 308 g/mol. The molecule has 1 amide bonds. The van der Waals surface area contributed by atoms with Crippen molar-refractivity contribution < 1.29 is 4.79 Å². The van der Waals surface area contributed by atoms with E-state index in [0.717, 1.165) is 12.0 Å². The van der Waals surface area contributed by atoms with Gasteiger partial charge in [0.25, 0.3) is 10.9 Å². The van der Waals surface area contributed by atoms with Crippen molar-refractivity contribution in [1.29, 1.82) is 0 Å². The number of hydrogen-bond acceptors (Lipinski definition) is 6. The largest absolute Gasteiger partial charge is 0.383 e. The summed E-state index contributed by atoms with van der Waals surface area (Å²) in [5.41, 5.74) is 1.00. The number of carbonyl (C=O) groups excluding carboxylic acids is 1. The number of hydrogen-bond donors (Lipinski definition) is 2. The van der Waals surface area contributed by atoms with Gasteiger partial charge in [0.15, 0.2) is 0 Å². The van der Waals surface area contributed by atoms with E-state index >= 15 is 0 Å². The van der Waals surface area contributed by atoms with Crippen LogP contribution in [-0.2, 0) is 11.3 Å². The lowest BCUT2D eigenvalue weighted by Crippen LogP contribution is -2.51. The summed E-state index contributed by atoms with van der Waals surface area (Å²) in [7, 11) is 1.60. The second kappa shape index (κ2) is 6.07. The fourth-order valence-electron chi connectivity index (χ4n) is 3.20. The topological polar surface area (TPSA) is 91.4 Å². The maximum atomic E-state index is 12.8. The quantitative estimate of drug-likeness (QED) is 0.817. The normalized spacial score (nSPS) is 18.7. The van der Waals surface area contributed by atoms with Gasteiger partial charge >= 0.3 is 0 Å². The number of fused-ring (bicyclic) bond motifs is 1. The average molecular weight is 328 g/mol. The van der Waals surface area contributed by atoms with Crippen LogP contribution in [0.1, 0.15) is 25.8 Å². The van der Waals surface area contributed by atoms with Gasteiger partial charge in [0.05, 0.1) is 11.9 Å². The zero-order chi connectivity index (χ0) is 17.4. The summed E-state index contributed by atoms with van der Waals surface area (Å²) in [6.07, 6.45) is 4.02. The number of rotatable bonds is 4. The standard InChI is InChI=1S/C17H20N4O3/c1-4-9(2)13-17(24)20-11-7-19-6-5-10(11)8-21(13)14-12(18-3)15(22)16(14)23/h5-7,9,13,18H,4,8H2,1-3H3,(H,20,24)/t9-,13-/m0/s1. The van der Waals surface area contributed by atoms with Crippen molar-refractivity contribution in [1.82, 2.24) is 4.98 Å². The van der Waals surface area contributed by atoms with Crippen LogP contribution >= 0.6 is 0 Å². The third-order valence-corrected chi connectivity index (χ3v) is 4.72. The fraction of sp³-hybridized carbons (Fsp3) is 0.412. The Hall–Kier alpha value is -2.70. The predicted octanol–water partition coefficient (Wildman–Crippen LogP) is 1.09. The first kappa shape index (κ1) is 16.2. The van der Waals surface area contributed by atoms with Gasteiger partial charge in [-0.15, -0.1) is 0 Å². The van der Waals surface area contributed by atoms with Crippen molar-refractivity contribution in [3.05, 3.63) is 44.5 Å². The molecule has 1 aliphatic rings. The zero-order valence-electron chi connectivity index (χ0n) is 13.9. The molecule has 1 aromatic carbocycles. The molecule has 2 atom stereocenters. The molecule has 0 fully saturated rings. The van der Waals surface area contributed by atoms with E-state index in [-0.39, 0.29) is 17.5 Å². The predicted molar refractivity (Wildman–Crippen MR) is 93.2 cm³/mol. The van der Waals surface area contributed by atoms with Crippen LogP contribution < -0.4 is 26.4 Å². The van der Waals surface area contributed by atoms with Crippen LogP contribution in [0.3, 0.4) is 0 Å². The molecular formula is C17H20N4O3. The molecule has 1 aliphatic heterocycles. The van der Waals surface area contributed by atoms with E-state index in [1.54, 1.807) is 24.3 Å². The smallest absolute Gasteiger partial charge is 0.253 e. The van der Waals surface area contributed by atoms with Crippen molar-refractivity contribution >= 4 is 23.0 Å². The molecule has 2 heterocycles. The van der Waals surface area contributed by atoms with Crippen molar-refractivity contribution in [2.24, 2.45) is 5.92 Å². The van der Waals surface area contributed by atoms with E-state index in [2.05, 4.69) is 15.6 Å². The summed E-state index contributed by atoms with van der Waals surface area (Å²) in [5.74, 6) is -0.174. The monoisotopic (exact) mass is 328 g/mol. The minimum absolute atomic E-state index is 0.0152. The van der Waals surface area contributed by atoms with E-state index in [0.29, 0.717) is 17.9 Å². The highest BCUT2D eigenvalue weighted by molar-refractivity contribution is 5.99. The number of carbonyl (C=O) groups is 1. The Balaban J connectivity index is 2.14. The fourth-order valence-corrected chi connectivity index (χ4v) is 3.20. The number of aromatic nitrogens is 1. The molecule has 1 aromatic heterocycles. The Labute approximate surface area is 139 Å². The molecule has 0 saturated carbocycles. The lowest BCUT2D eigenvalue weighted by Gasteiger charge is -2.35. The number of nitrogens with one attached hydrogen (secondary N) is 2. The molecule has 3 rings (SSSR count). The zero-order valence-corrected chi connectivity index (χ0v) is 13.9. The second-order valence-corrected chi connectivity index (χ2v) is 6.11. The van der Waals surface area contributed by atoms with Crippen molar-refractivity contribution in [3.8, 4) is 0 Å². The maximum absolute atomic E-state index is 12.8. The van der Waals surface area contributed by atoms with Crippen LogP contribution in [0, 0.1) is 5.92 Å². The Morgan fingerprint density at radius 3 is 2.79 bits per heavy atom. The van der Waals surface area contributed by atoms with E-state index in [9.17, 15) is 14.4 Å². The first-order valence-corrected chi connectivity index (χ1v) is 8.01. The van der Waals surface area contributed by atoms with Crippen molar-refractivity contribution in [3.63, 3.8) is 0 Å². The van der Waals surface area contributed by atoms with Crippen LogP contribution in [0.15, 0.2) is 28.0 Å². The van der Waals surface area contributed by atoms with E-state index in [1.807, 2.05) is 19.9 Å². The summed E-state index contributed by atoms with van der Waals surface area (Å²) in [6.45, 7) is 4.33. The van der Waals surface area contributed by atoms with Gasteiger partial charge in [-0.3, -0.25) is 19.4 Å². The van der Waals surface area contributed by atoms with Crippen LogP contribution in [0.5, 0.6) is 0 Å². The highest BCUT2D eigenvalue weighted by atomic mass is 16.2. The molecule has 7 heteroatoms. The minimum Gasteiger partial charge on any atom is -0.383 e. The van der Waals surface area contributed by atoms with Crippen LogP contribution in [0.25, 0.3) is 0 Å². The van der Waals surface area contributed by atoms with Gasteiger partial charge in [-0.1, -0.05) is 20.3 Å². The minimum atomic E-state index is -0.544. The molecule has 0 spiro atoms. The van der Waals surface area contributed by atoms with Gasteiger partial charge in [-0.25, -0.2) is 0 Å². The molecule has 0 saturated heterocycles. The summed E-state index contributed by atoms with van der Waals surface area (Å²) >= 11 is 0. The third-order valence-electron chi connectivity index (χ3n) is 4.72. The van der Waals surface area contributed by atoms with E-state index in [1.165, 1.54) is 0 Å². The third kappa shape index (κ3) is 2.36. The molecule has 0 unspecified atom stereocenters. The Kier molecular flexibility index (Phi) is 4.09. The van der Waals surface area contributed by atoms with Gasteiger partial charge in [-0.05, 0) is 17.5 Å². The molecule has 2 aromatic rings. The second-order valence-electron chi connectivity index (χ2n) is 6.11. The molecule has 2 N–H and O–H groups in total. The van der Waals surface area contributed by atoms with Crippen molar-refractivity contribution in [2.75, 3.05) is 22.6 Å². The Morgan fingerprint density at radius 1 is 1.38 bits per heavy atom. The van der Waals surface area contributed by atoms with E-state index < -0.39 is 16.9 Å². The first-order chi connectivity index (χ1) is 11.5. The molecule has 24 heavy (non-hydrogen) atoms. The number of anilines is 3. The number of pyridine rings is 1. The lowest BCUT2D eigenvalue weighted by atomic mass is 9.95. The molecule has 0 radical (unpaired) electrons. The van der Waals surface area contributed by atoms with Gasteiger partial charge in [0, 0.05) is 19.8 Å². The first-order valence-electron chi connectivity index (χ1n) is 8.01. The number of nitrogens with zero attached hydrogens (tertiary/aromatic N) is 2. The summed E-state index contributed by atoms with van der Waals surface area (Å²) in [5, 5.41) is 5.69. The molecule has 126 valence electrons. The maximum Gasteiger partial charge on any atom is 0.253 e. The summed E-state index contributed by atoms with van der Waals surface area (Å²) < 4.78 is 0. The van der Waals surface area contributed by atoms with Crippen LogP contribution in [0.2, 0.25) is 0 Å². The average Bonchev–Trinajstić information content (AvgIpc) is 2.73. The SMILES string of the molecule is CC[C@H](C)[C@H]1C(=O)Nc2cnccc2CN1c1c(NC)c(=O)c1=O. The summed E-state index contributed by atoms with van der Waals surface area (Å²) in [4.78, 5) is 42.6. The molecule has 0 aliphatic carbocycles. The Morgan fingerprint density at radius 2 is 2.12 bits per heavy atom. The van der Waals surface area contributed by atoms with E-state index in [4.69, 9.17) is 0 Å². The van der Waals surface area contributed by atoms with Crippen molar-refractivity contribution in [2.45, 2.75) is 32.9 Å². The van der Waals surface area contributed by atoms with Crippen LogP contribution in [0.4, 0.5) is 17.1 Å². The van der Waals surface area contributed by atoms with Gasteiger partial charge in [-0.2, -0.15) is 0 Å². The molecule has 0 bridgehead atoms. The van der Waals surface area contributed by atoms with Gasteiger partial charge < -0.3 is 15.5 Å². The highest BCUT2D eigenvalue weighted by Crippen LogP contribution is 2.32.